The Bertz CT molecular complexity index is 1110. The van der Waals surface area contributed by atoms with E-state index in [1.165, 1.54) is 5.57 Å². The lowest BCUT2D eigenvalue weighted by molar-refractivity contribution is -0.131. The molecule has 0 radical (unpaired) electrons. The third-order valence-corrected chi connectivity index (χ3v) is 10.8. The smallest absolute Gasteiger partial charge is 0.240 e. The maximum atomic E-state index is 14.4. The SMILES string of the molecule is CC(C)(C)NC(=O)CN(C(=O)[C@H]1CC[C@H]2[C@@H]3CC=C4C[C@@H](O)CC[C@]4(C)[C@H]3CC[C@]12C)c1ccc(Cl)cc1. The summed E-state index contributed by atoms with van der Waals surface area (Å²) in [5, 5.41) is 14.0. The Balaban J connectivity index is 1.40. The lowest BCUT2D eigenvalue weighted by Gasteiger charge is -2.58. The van der Waals surface area contributed by atoms with Crippen LogP contribution in [-0.4, -0.2) is 35.1 Å². The Labute approximate surface area is 233 Å². The highest BCUT2D eigenvalue weighted by molar-refractivity contribution is 6.30. The first kappa shape index (κ1) is 27.7. The fourth-order valence-electron chi connectivity index (χ4n) is 8.75. The molecule has 4 aliphatic rings. The summed E-state index contributed by atoms with van der Waals surface area (Å²) >= 11 is 6.16. The van der Waals surface area contributed by atoms with Crippen molar-refractivity contribution in [2.75, 3.05) is 11.4 Å². The van der Waals surface area contributed by atoms with Crippen LogP contribution >= 0.6 is 11.6 Å². The molecule has 2 N–H and O–H groups in total. The molecular weight excluding hydrogens is 496 g/mol. The van der Waals surface area contributed by atoms with Crippen molar-refractivity contribution >= 4 is 29.1 Å². The highest BCUT2D eigenvalue weighted by Crippen LogP contribution is 2.66. The molecular formula is C32H45ClN2O3. The van der Waals surface area contributed by atoms with Crippen molar-refractivity contribution < 1.29 is 14.7 Å². The molecule has 3 fully saturated rings. The van der Waals surface area contributed by atoms with Crippen molar-refractivity contribution in [1.29, 1.82) is 0 Å². The minimum Gasteiger partial charge on any atom is -0.393 e. The second-order valence-electron chi connectivity index (χ2n) is 14.0. The molecule has 4 aliphatic carbocycles. The topological polar surface area (TPSA) is 69.6 Å². The van der Waals surface area contributed by atoms with Gasteiger partial charge in [-0.1, -0.05) is 37.1 Å². The Morgan fingerprint density at radius 1 is 1.05 bits per heavy atom. The van der Waals surface area contributed by atoms with Gasteiger partial charge in [0.25, 0.3) is 0 Å². The number of nitrogens with one attached hydrogen (secondary N) is 1. The number of carbonyl (C=O) groups is 2. The maximum absolute atomic E-state index is 14.4. The maximum Gasteiger partial charge on any atom is 0.240 e. The fraction of sp³-hybridized carbons (Fsp3) is 0.688. The van der Waals surface area contributed by atoms with Gasteiger partial charge in [0, 0.05) is 22.2 Å². The summed E-state index contributed by atoms with van der Waals surface area (Å²) in [6.45, 7) is 10.7. The molecule has 0 heterocycles. The van der Waals surface area contributed by atoms with Gasteiger partial charge in [0.2, 0.25) is 11.8 Å². The van der Waals surface area contributed by atoms with Crippen LogP contribution in [0.3, 0.4) is 0 Å². The van der Waals surface area contributed by atoms with Gasteiger partial charge in [0.1, 0.15) is 6.54 Å². The average molecular weight is 541 g/mol. The van der Waals surface area contributed by atoms with Gasteiger partial charge in [0.15, 0.2) is 0 Å². The lowest BCUT2D eigenvalue weighted by Crippen LogP contribution is -2.53. The second kappa shape index (κ2) is 9.96. The van der Waals surface area contributed by atoms with Crippen LogP contribution in [0.4, 0.5) is 5.69 Å². The van der Waals surface area contributed by atoms with E-state index in [1.807, 2.05) is 32.9 Å². The molecule has 1 aromatic rings. The van der Waals surface area contributed by atoms with Gasteiger partial charge in [-0.15, -0.1) is 0 Å². The molecule has 5 rings (SSSR count). The van der Waals surface area contributed by atoms with E-state index in [0.717, 1.165) is 57.1 Å². The van der Waals surface area contributed by atoms with Crippen molar-refractivity contribution in [3.63, 3.8) is 0 Å². The van der Waals surface area contributed by atoms with Gasteiger partial charge >= 0.3 is 0 Å². The number of hydrogen-bond acceptors (Lipinski definition) is 3. The molecule has 7 atom stereocenters. The van der Waals surface area contributed by atoms with E-state index >= 15 is 0 Å². The summed E-state index contributed by atoms with van der Waals surface area (Å²) in [5.41, 5.74) is 1.95. The molecule has 0 saturated heterocycles. The van der Waals surface area contributed by atoms with Gasteiger partial charge in [-0.3, -0.25) is 9.59 Å². The zero-order valence-corrected chi connectivity index (χ0v) is 24.5. The number of allylic oxidation sites excluding steroid dienone is 1. The number of aliphatic hydroxyl groups excluding tert-OH is 1. The molecule has 0 aliphatic heterocycles. The van der Waals surface area contributed by atoms with Crippen molar-refractivity contribution in [2.45, 2.75) is 97.6 Å². The Hall–Kier alpha value is -1.85. The number of rotatable bonds is 4. The molecule has 0 unspecified atom stereocenters. The van der Waals surface area contributed by atoms with Crippen molar-refractivity contribution in [2.24, 2.45) is 34.5 Å². The molecule has 208 valence electrons. The van der Waals surface area contributed by atoms with Gasteiger partial charge in [-0.2, -0.15) is 0 Å². The van der Waals surface area contributed by atoms with Crippen LogP contribution in [0.15, 0.2) is 35.9 Å². The largest absolute Gasteiger partial charge is 0.393 e. The van der Waals surface area contributed by atoms with Crippen LogP contribution in [0.2, 0.25) is 5.02 Å². The molecule has 5 nitrogen and oxygen atoms in total. The number of nitrogens with zero attached hydrogens (tertiary/aromatic N) is 1. The molecule has 0 aromatic heterocycles. The quantitative estimate of drug-likeness (QED) is 0.427. The van der Waals surface area contributed by atoms with Crippen molar-refractivity contribution in [3.8, 4) is 0 Å². The van der Waals surface area contributed by atoms with Gasteiger partial charge in [-0.25, -0.2) is 0 Å². The van der Waals surface area contributed by atoms with Gasteiger partial charge in [-0.05, 0) is 125 Å². The van der Waals surface area contributed by atoms with Crippen LogP contribution in [-0.2, 0) is 9.59 Å². The molecule has 0 bridgehead atoms. The zero-order chi connectivity index (χ0) is 27.5. The van der Waals surface area contributed by atoms with Gasteiger partial charge in [0.05, 0.1) is 6.10 Å². The van der Waals surface area contributed by atoms with Crippen LogP contribution in [0.25, 0.3) is 0 Å². The summed E-state index contributed by atoms with van der Waals surface area (Å²) in [6.07, 6.45) is 10.2. The molecule has 0 spiro atoms. The minimum atomic E-state index is -0.368. The normalized spacial score (nSPS) is 36.4. The fourth-order valence-corrected chi connectivity index (χ4v) is 8.88. The van der Waals surface area contributed by atoms with Crippen molar-refractivity contribution in [1.82, 2.24) is 5.32 Å². The molecule has 38 heavy (non-hydrogen) atoms. The summed E-state index contributed by atoms with van der Waals surface area (Å²) in [7, 11) is 0. The third-order valence-electron chi connectivity index (χ3n) is 10.6. The summed E-state index contributed by atoms with van der Waals surface area (Å²) in [6, 6.07) is 7.28. The predicted octanol–water partition coefficient (Wildman–Crippen LogP) is 6.53. The number of benzene rings is 1. The molecule has 6 heteroatoms. The number of carbonyl (C=O) groups excluding carboxylic acids is 2. The van der Waals surface area contributed by atoms with E-state index in [2.05, 4.69) is 25.2 Å². The lowest BCUT2D eigenvalue weighted by atomic mass is 9.47. The zero-order valence-electron chi connectivity index (χ0n) is 23.7. The van der Waals surface area contributed by atoms with E-state index in [4.69, 9.17) is 11.6 Å². The standard InChI is InChI=1S/C32H45ClN2O3/c1-30(2,3)34-28(37)19-35(22-9-7-21(33)8-10-22)29(38)27-13-12-25-24-11-6-20-18-23(36)14-16-31(20,4)26(24)15-17-32(25,27)5/h6-10,23-27,36H,11-19H2,1-5H3,(H,34,37)/t23-,24-,25-,26-,27+,31-,32-/m0/s1. The van der Waals surface area contributed by atoms with Crippen LogP contribution < -0.4 is 10.2 Å². The number of hydrogen-bond donors (Lipinski definition) is 2. The third kappa shape index (κ3) is 4.94. The van der Waals surface area contributed by atoms with E-state index in [-0.39, 0.29) is 46.7 Å². The Morgan fingerprint density at radius 2 is 1.76 bits per heavy atom. The average Bonchev–Trinajstić information content (AvgIpc) is 3.19. The highest BCUT2D eigenvalue weighted by atomic mass is 35.5. The highest BCUT2D eigenvalue weighted by Gasteiger charge is 2.60. The van der Waals surface area contributed by atoms with E-state index in [9.17, 15) is 14.7 Å². The van der Waals surface area contributed by atoms with Gasteiger partial charge < -0.3 is 15.3 Å². The Kier molecular flexibility index (Phi) is 7.26. The first-order chi connectivity index (χ1) is 17.8. The molecule has 3 saturated carbocycles. The van der Waals surface area contributed by atoms with E-state index in [1.54, 1.807) is 17.0 Å². The molecule has 1 aromatic carbocycles. The monoisotopic (exact) mass is 540 g/mol. The van der Waals surface area contributed by atoms with E-state index in [0.29, 0.717) is 22.8 Å². The van der Waals surface area contributed by atoms with Crippen molar-refractivity contribution in [3.05, 3.63) is 40.9 Å². The van der Waals surface area contributed by atoms with Crippen LogP contribution in [0, 0.1) is 34.5 Å². The number of aliphatic hydroxyl groups is 1. The van der Waals surface area contributed by atoms with E-state index < -0.39 is 0 Å². The molecule has 2 amide bonds. The first-order valence-corrected chi connectivity index (χ1v) is 15.0. The number of anilines is 1. The second-order valence-corrected chi connectivity index (χ2v) is 14.5. The first-order valence-electron chi connectivity index (χ1n) is 14.6. The number of fused-ring (bicyclic) bond motifs is 5. The number of amides is 2. The Morgan fingerprint density at radius 3 is 2.45 bits per heavy atom. The summed E-state index contributed by atoms with van der Waals surface area (Å²) < 4.78 is 0. The van der Waals surface area contributed by atoms with Crippen LogP contribution in [0.5, 0.6) is 0 Å². The summed E-state index contributed by atoms with van der Waals surface area (Å²) in [5.74, 6) is 1.54. The predicted molar refractivity (Wildman–Crippen MR) is 153 cm³/mol. The minimum absolute atomic E-state index is 0.00747. The van der Waals surface area contributed by atoms with Crippen LogP contribution in [0.1, 0.15) is 86.0 Å². The number of halogens is 1. The summed E-state index contributed by atoms with van der Waals surface area (Å²) in [4.78, 5) is 29.1.